The Morgan fingerprint density at radius 2 is 1.27 bits per heavy atom. The van der Waals surface area contributed by atoms with Crippen LogP contribution in [-0.2, 0) is 22.3 Å². The van der Waals surface area contributed by atoms with Gasteiger partial charge in [0.05, 0.1) is 12.8 Å². The molecule has 2 aliphatic heterocycles. The third kappa shape index (κ3) is 2.45. The van der Waals surface area contributed by atoms with Gasteiger partial charge >= 0.3 is 6.16 Å². The van der Waals surface area contributed by atoms with E-state index in [1.165, 1.54) is 0 Å². The quantitative estimate of drug-likeness (QED) is 0.798. The summed E-state index contributed by atoms with van der Waals surface area (Å²) in [6.07, 6.45) is -1.02. The molecule has 0 N–H and O–H groups in total. The fourth-order valence-electron chi connectivity index (χ4n) is 2.67. The Morgan fingerprint density at radius 3 is 1.73 bits per heavy atom. The van der Waals surface area contributed by atoms with Gasteiger partial charge in [0.25, 0.3) is 12.6 Å². The van der Waals surface area contributed by atoms with Gasteiger partial charge in [0, 0.05) is 11.1 Å². The van der Waals surface area contributed by atoms with Crippen LogP contribution in [0.5, 0.6) is 11.5 Å². The summed E-state index contributed by atoms with van der Waals surface area (Å²) in [7, 11) is 0. The van der Waals surface area contributed by atoms with E-state index in [0.717, 1.165) is 22.6 Å². The van der Waals surface area contributed by atoms with Gasteiger partial charge in [-0.3, -0.25) is 0 Å². The van der Waals surface area contributed by atoms with E-state index in [-0.39, 0.29) is 0 Å². The maximum Gasteiger partial charge on any atom is 0.514 e. The molecule has 2 aromatic rings. The van der Waals surface area contributed by atoms with Gasteiger partial charge in [-0.25, -0.2) is 4.79 Å². The third-order valence-electron chi connectivity index (χ3n) is 3.69. The van der Waals surface area contributed by atoms with Gasteiger partial charge < -0.3 is 18.9 Å². The van der Waals surface area contributed by atoms with E-state index < -0.39 is 18.7 Å². The molecule has 0 aliphatic carbocycles. The van der Waals surface area contributed by atoms with Crippen LogP contribution in [0.3, 0.4) is 0 Å². The molecule has 112 valence electrons. The van der Waals surface area contributed by atoms with Crippen molar-refractivity contribution in [3.05, 3.63) is 59.7 Å². The van der Waals surface area contributed by atoms with Gasteiger partial charge in [0.1, 0.15) is 11.5 Å². The largest absolute Gasteiger partial charge is 0.514 e. The zero-order chi connectivity index (χ0) is 14.9. The Morgan fingerprint density at radius 1 is 0.818 bits per heavy atom. The molecule has 4 rings (SSSR count). The highest BCUT2D eigenvalue weighted by molar-refractivity contribution is 5.60. The molecule has 0 radical (unpaired) electrons. The van der Waals surface area contributed by atoms with E-state index in [0.29, 0.717) is 12.8 Å². The molecule has 0 aromatic heterocycles. The fraction of sp³-hybridized carbons (Fsp3) is 0.235. The molecule has 0 spiro atoms. The van der Waals surface area contributed by atoms with Crippen molar-refractivity contribution in [1.82, 2.24) is 0 Å². The summed E-state index contributed by atoms with van der Waals surface area (Å²) < 4.78 is 21.5. The topological polar surface area (TPSA) is 54.0 Å². The van der Waals surface area contributed by atoms with E-state index >= 15 is 0 Å². The van der Waals surface area contributed by atoms with E-state index in [4.69, 9.17) is 18.9 Å². The average Bonchev–Trinajstić information content (AvgIpc) is 3.08. The van der Waals surface area contributed by atoms with Gasteiger partial charge in [0.15, 0.2) is 0 Å². The Hall–Kier alpha value is -2.69. The number of carbonyl (C=O) groups is 1. The van der Waals surface area contributed by atoms with Crippen molar-refractivity contribution in [3.8, 4) is 11.5 Å². The molecule has 0 saturated heterocycles. The smallest absolute Gasteiger partial charge is 0.454 e. The molecular formula is C17H14O5. The highest BCUT2D eigenvalue weighted by Crippen LogP contribution is 2.30. The molecule has 0 fully saturated rings. The first kappa shape index (κ1) is 13.0. The molecule has 2 unspecified atom stereocenters. The summed E-state index contributed by atoms with van der Waals surface area (Å²) >= 11 is 0. The van der Waals surface area contributed by atoms with Crippen LogP contribution in [0.25, 0.3) is 0 Å². The number of ether oxygens (including phenoxy) is 4. The van der Waals surface area contributed by atoms with Crippen molar-refractivity contribution < 1.29 is 23.7 Å². The van der Waals surface area contributed by atoms with Crippen LogP contribution < -0.4 is 9.47 Å². The molecule has 0 amide bonds. The van der Waals surface area contributed by atoms with Gasteiger partial charge in [-0.05, 0) is 12.1 Å². The Balaban J connectivity index is 1.32. The molecule has 0 bridgehead atoms. The van der Waals surface area contributed by atoms with Crippen molar-refractivity contribution in [3.63, 3.8) is 0 Å². The zero-order valence-corrected chi connectivity index (χ0v) is 11.7. The van der Waals surface area contributed by atoms with Crippen LogP contribution in [0.15, 0.2) is 48.5 Å². The van der Waals surface area contributed by atoms with E-state index in [2.05, 4.69) is 0 Å². The average molecular weight is 298 g/mol. The van der Waals surface area contributed by atoms with E-state index in [1.807, 2.05) is 48.5 Å². The van der Waals surface area contributed by atoms with Crippen molar-refractivity contribution in [2.75, 3.05) is 0 Å². The van der Waals surface area contributed by atoms with Gasteiger partial charge in [-0.15, -0.1) is 0 Å². The lowest BCUT2D eigenvalue weighted by Gasteiger charge is -2.15. The molecule has 2 heterocycles. The second-order valence-corrected chi connectivity index (χ2v) is 5.20. The number of hydrogen-bond donors (Lipinski definition) is 0. The summed E-state index contributed by atoms with van der Waals surface area (Å²) in [5.74, 6) is 1.48. The number of rotatable bonds is 2. The Bertz CT molecular complexity index is 602. The van der Waals surface area contributed by atoms with E-state index in [1.54, 1.807) is 0 Å². The summed E-state index contributed by atoms with van der Waals surface area (Å²) in [6.45, 7) is 0. The second kappa shape index (κ2) is 5.26. The number of para-hydroxylation sites is 2. The van der Waals surface area contributed by atoms with Crippen LogP contribution in [0.2, 0.25) is 0 Å². The van der Waals surface area contributed by atoms with Crippen LogP contribution >= 0.6 is 0 Å². The first-order chi connectivity index (χ1) is 10.8. The van der Waals surface area contributed by atoms with Crippen molar-refractivity contribution in [1.29, 1.82) is 0 Å². The fourth-order valence-corrected chi connectivity index (χ4v) is 2.67. The zero-order valence-electron chi connectivity index (χ0n) is 11.7. The summed E-state index contributed by atoms with van der Waals surface area (Å²) in [6, 6.07) is 15.2. The van der Waals surface area contributed by atoms with Crippen LogP contribution in [0, 0.1) is 0 Å². The Kier molecular flexibility index (Phi) is 3.11. The van der Waals surface area contributed by atoms with Crippen molar-refractivity contribution in [2.24, 2.45) is 0 Å². The molecule has 5 nitrogen and oxygen atoms in total. The van der Waals surface area contributed by atoms with E-state index in [9.17, 15) is 4.79 Å². The van der Waals surface area contributed by atoms with Gasteiger partial charge in [0.2, 0.25) is 0 Å². The summed E-state index contributed by atoms with van der Waals surface area (Å²) in [5, 5.41) is 0. The number of benzene rings is 2. The lowest BCUT2D eigenvalue weighted by Crippen LogP contribution is -2.28. The highest BCUT2D eigenvalue weighted by Gasteiger charge is 2.30. The van der Waals surface area contributed by atoms with Crippen LogP contribution in [-0.4, -0.2) is 18.7 Å². The van der Waals surface area contributed by atoms with Gasteiger partial charge in [-0.1, -0.05) is 36.4 Å². The SMILES string of the molecule is O=C(OC1Cc2ccccc2O1)OC1Cc2ccccc2O1. The third-order valence-corrected chi connectivity index (χ3v) is 3.69. The highest BCUT2D eigenvalue weighted by atomic mass is 16.8. The van der Waals surface area contributed by atoms with Gasteiger partial charge in [-0.2, -0.15) is 0 Å². The first-order valence-electron chi connectivity index (χ1n) is 7.14. The molecule has 2 aromatic carbocycles. The predicted molar refractivity (Wildman–Crippen MR) is 76.7 cm³/mol. The monoisotopic (exact) mass is 298 g/mol. The van der Waals surface area contributed by atoms with Crippen LogP contribution in [0.4, 0.5) is 4.79 Å². The molecule has 22 heavy (non-hydrogen) atoms. The standard InChI is InChI=1S/C17H14O5/c18-17(21-15-9-11-5-1-3-7-13(11)19-15)22-16-10-12-6-2-4-8-14(12)20-16/h1-8,15-16H,9-10H2. The number of carbonyl (C=O) groups excluding carboxylic acids is 1. The molecule has 0 saturated carbocycles. The minimum absolute atomic E-state index is 0.525. The summed E-state index contributed by atoms with van der Waals surface area (Å²) in [4.78, 5) is 11.9. The van der Waals surface area contributed by atoms with Crippen LogP contribution in [0.1, 0.15) is 11.1 Å². The minimum atomic E-state index is -0.782. The minimum Gasteiger partial charge on any atom is -0.454 e. The second-order valence-electron chi connectivity index (χ2n) is 5.20. The molecule has 5 heteroatoms. The number of fused-ring (bicyclic) bond motifs is 2. The molecule has 2 aliphatic rings. The molecular weight excluding hydrogens is 284 g/mol. The number of hydrogen-bond acceptors (Lipinski definition) is 5. The Labute approximate surface area is 127 Å². The normalized spacial score (nSPS) is 21.3. The maximum absolute atomic E-state index is 11.9. The van der Waals surface area contributed by atoms with Crippen molar-refractivity contribution in [2.45, 2.75) is 25.4 Å². The molecule has 2 atom stereocenters. The summed E-state index contributed by atoms with van der Waals surface area (Å²) in [5.41, 5.74) is 2.04. The predicted octanol–water partition coefficient (Wildman–Crippen LogP) is 3.06. The first-order valence-corrected chi connectivity index (χ1v) is 7.14. The lowest BCUT2D eigenvalue weighted by molar-refractivity contribution is -0.0959. The van der Waals surface area contributed by atoms with Crippen molar-refractivity contribution >= 4 is 6.16 Å². The maximum atomic E-state index is 11.9. The lowest BCUT2D eigenvalue weighted by atomic mass is 10.2.